The molecule has 1 aliphatic carbocycles. The zero-order valence-corrected chi connectivity index (χ0v) is 10.3. The number of methoxy groups -OCH3 is 1. The number of rotatable bonds is 6. The Morgan fingerprint density at radius 3 is 3.00 bits per heavy atom. The fourth-order valence-electron chi connectivity index (χ4n) is 1.83. The number of hydrogen-bond acceptors (Lipinski definition) is 3. The SMILES string of the molecule is COCCN(c1ncccc1CCl)C1CC1. The molecule has 1 aromatic rings. The van der Waals surface area contributed by atoms with Crippen LogP contribution in [0.15, 0.2) is 18.3 Å². The number of ether oxygens (including phenoxy) is 1. The van der Waals surface area contributed by atoms with Crippen molar-refractivity contribution < 1.29 is 4.74 Å². The Labute approximate surface area is 101 Å². The van der Waals surface area contributed by atoms with Gasteiger partial charge in [-0.15, -0.1) is 11.6 Å². The van der Waals surface area contributed by atoms with Crippen LogP contribution >= 0.6 is 11.6 Å². The van der Waals surface area contributed by atoms with Gasteiger partial charge in [0.05, 0.1) is 12.5 Å². The van der Waals surface area contributed by atoms with Gasteiger partial charge in [-0.1, -0.05) is 6.07 Å². The van der Waals surface area contributed by atoms with Gasteiger partial charge in [0.1, 0.15) is 5.82 Å². The average molecular weight is 241 g/mol. The minimum absolute atomic E-state index is 0.513. The van der Waals surface area contributed by atoms with Crippen LogP contribution in [0.25, 0.3) is 0 Å². The molecule has 0 aromatic carbocycles. The summed E-state index contributed by atoms with van der Waals surface area (Å²) in [7, 11) is 1.73. The molecule has 1 heterocycles. The number of anilines is 1. The maximum absolute atomic E-state index is 5.94. The highest BCUT2D eigenvalue weighted by Gasteiger charge is 2.30. The molecule has 0 amide bonds. The molecule has 4 heteroatoms. The van der Waals surface area contributed by atoms with E-state index in [0.29, 0.717) is 11.9 Å². The second kappa shape index (κ2) is 5.51. The van der Waals surface area contributed by atoms with Gasteiger partial charge in [-0.05, 0) is 18.9 Å². The number of pyridine rings is 1. The first kappa shape index (κ1) is 11.7. The molecule has 0 spiro atoms. The number of alkyl halides is 1. The van der Waals surface area contributed by atoms with Gasteiger partial charge in [0.25, 0.3) is 0 Å². The van der Waals surface area contributed by atoms with E-state index in [2.05, 4.69) is 9.88 Å². The van der Waals surface area contributed by atoms with E-state index in [1.54, 1.807) is 7.11 Å². The van der Waals surface area contributed by atoms with E-state index in [-0.39, 0.29) is 0 Å². The van der Waals surface area contributed by atoms with Crippen LogP contribution < -0.4 is 4.90 Å². The van der Waals surface area contributed by atoms with E-state index in [9.17, 15) is 0 Å². The van der Waals surface area contributed by atoms with E-state index in [1.807, 2.05) is 18.3 Å². The van der Waals surface area contributed by atoms with Gasteiger partial charge in [-0.3, -0.25) is 0 Å². The standard InChI is InChI=1S/C12H17ClN2O/c1-16-8-7-15(11-4-5-11)12-10(9-13)3-2-6-14-12/h2-3,6,11H,4-5,7-9H2,1H3. The monoisotopic (exact) mass is 240 g/mol. The smallest absolute Gasteiger partial charge is 0.133 e. The molecular weight excluding hydrogens is 224 g/mol. The Morgan fingerprint density at radius 1 is 1.56 bits per heavy atom. The lowest BCUT2D eigenvalue weighted by molar-refractivity contribution is 0.204. The highest BCUT2D eigenvalue weighted by Crippen LogP contribution is 2.32. The van der Waals surface area contributed by atoms with Crippen molar-refractivity contribution in [2.45, 2.75) is 24.8 Å². The van der Waals surface area contributed by atoms with Gasteiger partial charge in [-0.2, -0.15) is 0 Å². The maximum atomic E-state index is 5.94. The molecule has 1 aromatic heterocycles. The minimum atomic E-state index is 0.513. The van der Waals surface area contributed by atoms with E-state index in [4.69, 9.17) is 16.3 Å². The van der Waals surface area contributed by atoms with Crippen LogP contribution in [-0.2, 0) is 10.6 Å². The van der Waals surface area contributed by atoms with Crippen molar-refractivity contribution in [2.24, 2.45) is 0 Å². The van der Waals surface area contributed by atoms with Crippen molar-refractivity contribution in [2.75, 3.05) is 25.2 Å². The molecule has 0 unspecified atom stereocenters. The summed E-state index contributed by atoms with van der Waals surface area (Å²) >= 11 is 5.94. The first-order valence-electron chi connectivity index (χ1n) is 5.62. The largest absolute Gasteiger partial charge is 0.383 e. The van der Waals surface area contributed by atoms with Crippen LogP contribution in [0.1, 0.15) is 18.4 Å². The number of aromatic nitrogens is 1. The molecule has 3 nitrogen and oxygen atoms in total. The second-order valence-electron chi connectivity index (χ2n) is 4.04. The molecule has 1 fully saturated rings. The Kier molecular flexibility index (Phi) is 4.02. The zero-order chi connectivity index (χ0) is 11.4. The number of nitrogens with zero attached hydrogens (tertiary/aromatic N) is 2. The van der Waals surface area contributed by atoms with Gasteiger partial charge in [0.2, 0.25) is 0 Å². The first-order chi connectivity index (χ1) is 7.86. The lowest BCUT2D eigenvalue weighted by Crippen LogP contribution is -2.31. The summed E-state index contributed by atoms with van der Waals surface area (Å²) in [6.07, 6.45) is 4.33. The van der Waals surface area contributed by atoms with Gasteiger partial charge >= 0.3 is 0 Å². The lowest BCUT2D eigenvalue weighted by Gasteiger charge is -2.24. The fraction of sp³-hybridized carbons (Fsp3) is 0.583. The van der Waals surface area contributed by atoms with Crippen LogP contribution in [-0.4, -0.2) is 31.3 Å². The number of hydrogen-bond donors (Lipinski definition) is 0. The summed E-state index contributed by atoms with van der Waals surface area (Å²) in [5, 5.41) is 0. The predicted octanol–water partition coefficient (Wildman–Crippen LogP) is 2.44. The van der Waals surface area contributed by atoms with Crippen LogP contribution in [0.2, 0.25) is 0 Å². The highest BCUT2D eigenvalue weighted by atomic mass is 35.5. The summed E-state index contributed by atoms with van der Waals surface area (Å²) in [5.74, 6) is 1.54. The molecule has 0 atom stereocenters. The molecule has 1 aliphatic rings. The lowest BCUT2D eigenvalue weighted by atomic mass is 10.2. The van der Waals surface area contributed by atoms with E-state index in [1.165, 1.54) is 12.8 Å². The molecule has 0 N–H and O–H groups in total. The molecular formula is C12H17ClN2O. The van der Waals surface area contributed by atoms with E-state index < -0.39 is 0 Å². The van der Waals surface area contributed by atoms with E-state index in [0.717, 1.165) is 24.5 Å². The third-order valence-corrected chi connectivity index (χ3v) is 3.10. The molecule has 0 bridgehead atoms. The van der Waals surface area contributed by atoms with Crippen molar-refractivity contribution >= 4 is 17.4 Å². The quantitative estimate of drug-likeness (QED) is 0.715. The van der Waals surface area contributed by atoms with Gasteiger partial charge < -0.3 is 9.64 Å². The van der Waals surface area contributed by atoms with Crippen LogP contribution in [0.5, 0.6) is 0 Å². The molecule has 88 valence electrons. The van der Waals surface area contributed by atoms with Gasteiger partial charge in [0, 0.05) is 31.5 Å². The predicted molar refractivity (Wildman–Crippen MR) is 66.0 cm³/mol. The van der Waals surface area contributed by atoms with Crippen molar-refractivity contribution in [1.82, 2.24) is 4.98 Å². The molecule has 0 radical (unpaired) electrons. The van der Waals surface area contributed by atoms with Crippen molar-refractivity contribution in [3.63, 3.8) is 0 Å². The Balaban J connectivity index is 2.16. The van der Waals surface area contributed by atoms with Crippen molar-refractivity contribution in [3.8, 4) is 0 Å². The summed E-state index contributed by atoms with van der Waals surface area (Å²) < 4.78 is 5.14. The molecule has 1 saturated carbocycles. The zero-order valence-electron chi connectivity index (χ0n) is 9.53. The summed E-state index contributed by atoms with van der Waals surface area (Å²) in [4.78, 5) is 6.77. The molecule has 2 rings (SSSR count). The topological polar surface area (TPSA) is 25.4 Å². The van der Waals surface area contributed by atoms with E-state index >= 15 is 0 Å². The Morgan fingerprint density at radius 2 is 2.38 bits per heavy atom. The highest BCUT2D eigenvalue weighted by molar-refractivity contribution is 6.17. The third kappa shape index (κ3) is 2.66. The first-order valence-corrected chi connectivity index (χ1v) is 6.15. The normalized spacial score (nSPS) is 15.1. The summed E-state index contributed by atoms with van der Waals surface area (Å²) in [6, 6.07) is 4.60. The van der Waals surface area contributed by atoms with Crippen LogP contribution in [0, 0.1) is 0 Å². The molecule has 0 aliphatic heterocycles. The average Bonchev–Trinajstić information content (AvgIpc) is 3.14. The molecule has 0 saturated heterocycles. The minimum Gasteiger partial charge on any atom is -0.383 e. The number of halogens is 1. The maximum Gasteiger partial charge on any atom is 0.133 e. The van der Waals surface area contributed by atoms with Gasteiger partial charge in [-0.25, -0.2) is 4.98 Å². The fourth-order valence-corrected chi connectivity index (χ4v) is 2.04. The van der Waals surface area contributed by atoms with Crippen LogP contribution in [0.4, 0.5) is 5.82 Å². The van der Waals surface area contributed by atoms with Crippen molar-refractivity contribution in [3.05, 3.63) is 23.9 Å². The molecule has 16 heavy (non-hydrogen) atoms. The third-order valence-electron chi connectivity index (χ3n) is 2.81. The summed E-state index contributed by atoms with van der Waals surface area (Å²) in [5.41, 5.74) is 1.10. The Bertz CT molecular complexity index is 342. The van der Waals surface area contributed by atoms with Gasteiger partial charge in [0.15, 0.2) is 0 Å². The summed E-state index contributed by atoms with van der Waals surface area (Å²) in [6.45, 7) is 1.62. The van der Waals surface area contributed by atoms with Crippen molar-refractivity contribution in [1.29, 1.82) is 0 Å². The Hall–Kier alpha value is -0.800. The van der Waals surface area contributed by atoms with Crippen LogP contribution in [0.3, 0.4) is 0 Å². The second-order valence-corrected chi connectivity index (χ2v) is 4.30.